The minimum Gasteiger partial charge on any atom is -0.0656 e. The van der Waals surface area contributed by atoms with E-state index >= 15 is 0 Å². The second-order valence-electron chi connectivity index (χ2n) is 4.47. The SMILES string of the molecule is CCC.CCC1C2CCCC1C2. The van der Waals surface area contributed by atoms with E-state index in [1.165, 1.54) is 19.3 Å². The van der Waals surface area contributed by atoms with Crippen LogP contribution in [0.1, 0.15) is 59.3 Å². The van der Waals surface area contributed by atoms with Crippen LogP contribution < -0.4 is 0 Å². The van der Waals surface area contributed by atoms with Gasteiger partial charge in [-0.05, 0) is 24.2 Å². The monoisotopic (exact) mass is 168 g/mol. The van der Waals surface area contributed by atoms with Crippen LogP contribution in [-0.2, 0) is 0 Å². The molecule has 0 aliphatic heterocycles. The molecule has 0 saturated heterocycles. The van der Waals surface area contributed by atoms with E-state index in [4.69, 9.17) is 0 Å². The highest BCUT2D eigenvalue weighted by atomic mass is 14.5. The summed E-state index contributed by atoms with van der Waals surface area (Å²) in [6.07, 6.45) is 8.92. The van der Waals surface area contributed by atoms with E-state index in [0.717, 1.165) is 17.8 Å². The van der Waals surface area contributed by atoms with Crippen molar-refractivity contribution < 1.29 is 0 Å². The number of fused-ring (bicyclic) bond motifs is 2. The van der Waals surface area contributed by atoms with E-state index in [1.54, 1.807) is 19.3 Å². The van der Waals surface area contributed by atoms with Gasteiger partial charge in [0.25, 0.3) is 0 Å². The van der Waals surface area contributed by atoms with Crippen molar-refractivity contribution in [1.29, 1.82) is 0 Å². The molecule has 3 aliphatic carbocycles. The maximum absolute atomic E-state index is 2.36. The molecule has 12 heavy (non-hydrogen) atoms. The molecule has 3 fully saturated rings. The van der Waals surface area contributed by atoms with Crippen LogP contribution in [0.5, 0.6) is 0 Å². The van der Waals surface area contributed by atoms with Gasteiger partial charge >= 0.3 is 0 Å². The summed E-state index contributed by atoms with van der Waals surface area (Å²) in [7, 11) is 0. The Morgan fingerprint density at radius 1 is 1.00 bits per heavy atom. The number of rotatable bonds is 1. The predicted molar refractivity (Wildman–Crippen MR) is 55.2 cm³/mol. The van der Waals surface area contributed by atoms with Gasteiger partial charge in [0.15, 0.2) is 0 Å². The second-order valence-corrected chi connectivity index (χ2v) is 4.47. The van der Waals surface area contributed by atoms with E-state index in [2.05, 4.69) is 20.8 Å². The van der Waals surface area contributed by atoms with Gasteiger partial charge in [0.05, 0.1) is 0 Å². The zero-order valence-electron chi connectivity index (χ0n) is 8.97. The van der Waals surface area contributed by atoms with Crippen molar-refractivity contribution in [2.24, 2.45) is 17.8 Å². The quantitative estimate of drug-likeness (QED) is 0.549. The highest BCUT2D eigenvalue weighted by Crippen LogP contribution is 2.51. The molecule has 0 aromatic heterocycles. The summed E-state index contributed by atoms with van der Waals surface area (Å²) in [4.78, 5) is 0. The van der Waals surface area contributed by atoms with E-state index < -0.39 is 0 Å². The first-order chi connectivity index (χ1) is 5.83. The first-order valence-electron chi connectivity index (χ1n) is 5.83. The summed E-state index contributed by atoms with van der Waals surface area (Å²) in [6, 6.07) is 0. The minimum absolute atomic E-state index is 1.15. The molecule has 0 nitrogen and oxygen atoms in total. The van der Waals surface area contributed by atoms with Gasteiger partial charge in [-0.2, -0.15) is 0 Å². The van der Waals surface area contributed by atoms with Gasteiger partial charge in [-0.25, -0.2) is 0 Å². The van der Waals surface area contributed by atoms with Crippen molar-refractivity contribution in [3.63, 3.8) is 0 Å². The van der Waals surface area contributed by atoms with Gasteiger partial charge in [-0.3, -0.25) is 0 Å². The average molecular weight is 168 g/mol. The fraction of sp³-hybridized carbons (Fsp3) is 1.00. The summed E-state index contributed by atoms with van der Waals surface area (Å²) in [6.45, 7) is 6.61. The van der Waals surface area contributed by atoms with Crippen molar-refractivity contribution in [3.8, 4) is 0 Å². The van der Waals surface area contributed by atoms with E-state index in [-0.39, 0.29) is 0 Å². The summed E-state index contributed by atoms with van der Waals surface area (Å²) in [5.41, 5.74) is 0. The van der Waals surface area contributed by atoms with Gasteiger partial charge < -0.3 is 0 Å². The third kappa shape index (κ3) is 2.02. The number of hydrogen-bond acceptors (Lipinski definition) is 0. The predicted octanol–water partition coefficient (Wildman–Crippen LogP) is 4.25. The molecule has 0 N–H and O–H groups in total. The summed E-state index contributed by atoms with van der Waals surface area (Å²) >= 11 is 0. The molecule has 0 amide bonds. The Morgan fingerprint density at radius 3 is 1.75 bits per heavy atom. The standard InChI is InChI=1S/C9H16.C3H8/c1-2-9-7-4-3-5-8(9)6-7;1-3-2/h7-9H,2-6H2,1H3;3H2,1-2H3. The summed E-state index contributed by atoms with van der Waals surface area (Å²) in [5, 5.41) is 0. The second kappa shape index (κ2) is 4.89. The molecule has 0 aromatic rings. The molecule has 3 saturated carbocycles. The Labute approximate surface area is 77.7 Å². The molecule has 3 aliphatic rings. The van der Waals surface area contributed by atoms with Crippen LogP contribution in [-0.4, -0.2) is 0 Å². The van der Waals surface area contributed by atoms with E-state index in [1.807, 2.05) is 0 Å². The molecule has 2 bridgehead atoms. The highest BCUT2D eigenvalue weighted by Gasteiger charge is 2.41. The van der Waals surface area contributed by atoms with Crippen LogP contribution in [0, 0.1) is 17.8 Å². The molecule has 0 heteroatoms. The minimum atomic E-state index is 1.15. The third-order valence-electron chi connectivity index (χ3n) is 3.44. The van der Waals surface area contributed by atoms with Crippen molar-refractivity contribution >= 4 is 0 Å². The van der Waals surface area contributed by atoms with Gasteiger partial charge in [-0.15, -0.1) is 0 Å². The van der Waals surface area contributed by atoms with Gasteiger partial charge in [-0.1, -0.05) is 52.9 Å². The zero-order chi connectivity index (χ0) is 8.97. The third-order valence-corrected chi connectivity index (χ3v) is 3.44. The first kappa shape index (κ1) is 10.1. The van der Waals surface area contributed by atoms with E-state index in [9.17, 15) is 0 Å². The lowest BCUT2D eigenvalue weighted by Gasteiger charge is -2.49. The van der Waals surface area contributed by atoms with Crippen molar-refractivity contribution in [2.45, 2.75) is 59.3 Å². The van der Waals surface area contributed by atoms with Crippen molar-refractivity contribution in [1.82, 2.24) is 0 Å². The first-order valence-corrected chi connectivity index (χ1v) is 5.83. The Kier molecular flexibility index (Phi) is 4.11. The number of hydrogen-bond donors (Lipinski definition) is 0. The lowest BCUT2D eigenvalue weighted by molar-refractivity contribution is 0.0119. The Morgan fingerprint density at radius 2 is 1.50 bits per heavy atom. The summed E-state index contributed by atoms with van der Waals surface area (Å²) < 4.78 is 0. The van der Waals surface area contributed by atoms with Gasteiger partial charge in [0.2, 0.25) is 0 Å². The van der Waals surface area contributed by atoms with Crippen LogP contribution in [0.25, 0.3) is 0 Å². The maximum Gasteiger partial charge on any atom is -0.0360 e. The molecule has 72 valence electrons. The lowest BCUT2D eigenvalue weighted by atomic mass is 9.56. The van der Waals surface area contributed by atoms with Crippen LogP contribution in [0.3, 0.4) is 0 Å². The maximum atomic E-state index is 2.36. The highest BCUT2D eigenvalue weighted by molar-refractivity contribution is 4.91. The van der Waals surface area contributed by atoms with Crippen molar-refractivity contribution in [3.05, 3.63) is 0 Å². The molecule has 0 heterocycles. The molecule has 3 rings (SSSR count). The molecule has 2 atom stereocenters. The Balaban J connectivity index is 0.000000213. The van der Waals surface area contributed by atoms with Crippen LogP contribution >= 0.6 is 0 Å². The lowest BCUT2D eigenvalue weighted by Crippen LogP contribution is -2.39. The van der Waals surface area contributed by atoms with Crippen molar-refractivity contribution in [2.75, 3.05) is 0 Å². The van der Waals surface area contributed by atoms with E-state index in [0.29, 0.717) is 0 Å². The molecular weight excluding hydrogens is 144 g/mol. The van der Waals surface area contributed by atoms with Crippen LogP contribution in [0.2, 0.25) is 0 Å². The molecule has 2 unspecified atom stereocenters. The smallest absolute Gasteiger partial charge is 0.0360 e. The Hall–Kier alpha value is 0. The largest absolute Gasteiger partial charge is 0.0656 e. The normalized spacial score (nSPS) is 37.8. The summed E-state index contributed by atoms with van der Waals surface area (Å²) in [5.74, 6) is 3.47. The average Bonchev–Trinajstić information content (AvgIpc) is 2.08. The topological polar surface area (TPSA) is 0 Å². The van der Waals surface area contributed by atoms with Gasteiger partial charge in [0, 0.05) is 0 Å². The molecule has 0 radical (unpaired) electrons. The molecule has 0 spiro atoms. The Bertz CT molecular complexity index is 103. The fourth-order valence-corrected chi connectivity index (χ4v) is 2.90. The fourth-order valence-electron chi connectivity index (χ4n) is 2.90. The zero-order valence-corrected chi connectivity index (χ0v) is 8.97. The molecule has 0 aromatic carbocycles. The molecular formula is C12H24. The van der Waals surface area contributed by atoms with Gasteiger partial charge in [0.1, 0.15) is 0 Å². The van der Waals surface area contributed by atoms with Crippen LogP contribution in [0.15, 0.2) is 0 Å². The van der Waals surface area contributed by atoms with Crippen LogP contribution in [0.4, 0.5) is 0 Å².